The van der Waals surface area contributed by atoms with Crippen LogP contribution in [0.1, 0.15) is 13.3 Å². The lowest BCUT2D eigenvalue weighted by atomic mass is 10.3. The normalized spacial score (nSPS) is 12.3. The van der Waals surface area contributed by atoms with Crippen molar-refractivity contribution in [1.82, 2.24) is 0 Å². The van der Waals surface area contributed by atoms with Crippen LogP contribution in [0.25, 0.3) is 0 Å². The molecule has 4 nitrogen and oxygen atoms in total. The zero-order chi connectivity index (χ0) is 8.69. The molecule has 11 heavy (non-hydrogen) atoms. The number of carbonyl (C=O) groups excluding carboxylic acids is 1. The molecule has 0 aliphatic heterocycles. The van der Waals surface area contributed by atoms with E-state index in [1.807, 2.05) is 6.92 Å². The number of aliphatic imine (C=N–C) groups is 1. The summed E-state index contributed by atoms with van der Waals surface area (Å²) < 4.78 is 0. The van der Waals surface area contributed by atoms with Crippen molar-refractivity contribution in [3.05, 3.63) is 12.0 Å². The van der Waals surface area contributed by atoms with E-state index in [9.17, 15) is 4.79 Å². The first-order valence-electron chi connectivity index (χ1n) is 3.37. The number of Topliss-reactive ketones (excluding diaryl/α,β-unsaturated/α-hetero) is 1. The van der Waals surface area contributed by atoms with Crippen molar-refractivity contribution in [1.29, 1.82) is 0 Å². The van der Waals surface area contributed by atoms with Gasteiger partial charge in [0.1, 0.15) is 0 Å². The van der Waals surface area contributed by atoms with E-state index >= 15 is 0 Å². The van der Waals surface area contributed by atoms with Gasteiger partial charge in [-0.1, -0.05) is 6.92 Å². The van der Waals surface area contributed by atoms with E-state index in [0.29, 0.717) is 6.54 Å². The number of nitrogens with two attached hydrogens (primary N) is 1. The lowest BCUT2D eigenvalue weighted by Gasteiger charge is -1.89. The molecule has 0 aromatic carbocycles. The molecule has 0 amide bonds. The Balaban J connectivity index is 3.87. The molecule has 0 saturated carbocycles. The van der Waals surface area contributed by atoms with Crippen molar-refractivity contribution in [2.24, 2.45) is 10.7 Å². The molecule has 0 heterocycles. The van der Waals surface area contributed by atoms with Crippen molar-refractivity contribution in [3.8, 4) is 0 Å². The number of aliphatic hydroxyl groups is 1. The Labute approximate surface area is 65.4 Å². The number of rotatable bonds is 4. The summed E-state index contributed by atoms with van der Waals surface area (Å²) in [5.41, 5.74) is 4.88. The van der Waals surface area contributed by atoms with E-state index in [1.165, 1.54) is 0 Å². The van der Waals surface area contributed by atoms with Gasteiger partial charge >= 0.3 is 0 Å². The number of nitrogens with zero attached hydrogens (tertiary/aromatic N) is 1. The Kier molecular flexibility index (Phi) is 4.81. The standard InChI is InChI=1S/C7H12N2O2/c1-2-3-9-5-7(11)6(10)4-8/h4-5,10H,2-3,8H2,1H3/b6-4+,9-5?. The summed E-state index contributed by atoms with van der Waals surface area (Å²) in [5, 5.41) is 8.72. The van der Waals surface area contributed by atoms with Crippen LogP contribution in [0.15, 0.2) is 17.0 Å². The Morgan fingerprint density at radius 2 is 2.36 bits per heavy atom. The van der Waals surface area contributed by atoms with Crippen LogP contribution in [0.5, 0.6) is 0 Å². The number of hydrogen-bond acceptors (Lipinski definition) is 4. The van der Waals surface area contributed by atoms with E-state index in [1.54, 1.807) is 0 Å². The van der Waals surface area contributed by atoms with Crippen molar-refractivity contribution < 1.29 is 9.90 Å². The predicted molar refractivity (Wildman–Crippen MR) is 43.6 cm³/mol. The molecule has 0 aliphatic rings. The summed E-state index contributed by atoms with van der Waals surface area (Å²) in [5.74, 6) is -1.02. The molecule has 0 aromatic heterocycles. The van der Waals surface area contributed by atoms with E-state index < -0.39 is 11.5 Å². The van der Waals surface area contributed by atoms with Crippen molar-refractivity contribution in [2.75, 3.05) is 6.54 Å². The summed E-state index contributed by atoms with van der Waals surface area (Å²) in [7, 11) is 0. The number of allylic oxidation sites excluding steroid dienone is 1. The fraction of sp³-hybridized carbons (Fsp3) is 0.429. The topological polar surface area (TPSA) is 75.7 Å². The second-order valence-corrected chi connectivity index (χ2v) is 1.95. The molecule has 0 aromatic rings. The van der Waals surface area contributed by atoms with Gasteiger partial charge in [-0.3, -0.25) is 9.79 Å². The highest BCUT2D eigenvalue weighted by atomic mass is 16.3. The summed E-state index contributed by atoms with van der Waals surface area (Å²) in [6.45, 7) is 2.53. The molecule has 0 unspecified atom stereocenters. The van der Waals surface area contributed by atoms with Gasteiger partial charge in [-0.15, -0.1) is 0 Å². The largest absolute Gasteiger partial charge is 0.503 e. The molecule has 0 atom stereocenters. The molecule has 0 rings (SSSR count). The van der Waals surface area contributed by atoms with Gasteiger partial charge in [0.15, 0.2) is 5.76 Å². The second kappa shape index (κ2) is 5.46. The number of hydrogen-bond donors (Lipinski definition) is 2. The molecular formula is C7H12N2O2. The predicted octanol–water partition coefficient (Wildman–Crippen LogP) is 0.394. The van der Waals surface area contributed by atoms with Gasteiger partial charge in [0.05, 0.1) is 6.21 Å². The Hall–Kier alpha value is -1.32. The molecule has 4 heteroatoms. The highest BCUT2D eigenvalue weighted by Gasteiger charge is 2.00. The fourth-order valence-electron chi connectivity index (χ4n) is 0.425. The van der Waals surface area contributed by atoms with Crippen molar-refractivity contribution in [3.63, 3.8) is 0 Å². The van der Waals surface area contributed by atoms with Gasteiger partial charge in [0, 0.05) is 12.7 Å². The van der Waals surface area contributed by atoms with Crippen LogP contribution in [0, 0.1) is 0 Å². The molecule has 62 valence electrons. The van der Waals surface area contributed by atoms with Crippen LogP contribution in [0.4, 0.5) is 0 Å². The van der Waals surface area contributed by atoms with Gasteiger partial charge in [-0.2, -0.15) is 0 Å². The fourth-order valence-corrected chi connectivity index (χ4v) is 0.425. The molecule has 0 radical (unpaired) electrons. The van der Waals surface area contributed by atoms with Crippen LogP contribution in [0.3, 0.4) is 0 Å². The summed E-state index contributed by atoms with van der Waals surface area (Å²) >= 11 is 0. The maximum atomic E-state index is 10.7. The molecule has 3 N–H and O–H groups in total. The SMILES string of the molecule is CCCN=CC(=O)/C(O)=C\N. The van der Waals surface area contributed by atoms with E-state index in [-0.39, 0.29) is 0 Å². The smallest absolute Gasteiger partial charge is 0.239 e. The Bertz CT molecular complexity index is 185. The quantitative estimate of drug-likeness (QED) is 0.351. The highest BCUT2D eigenvalue weighted by Crippen LogP contribution is 1.85. The minimum absolute atomic E-state index is 0.468. The van der Waals surface area contributed by atoms with Crippen molar-refractivity contribution in [2.45, 2.75) is 13.3 Å². The lowest BCUT2D eigenvalue weighted by Crippen LogP contribution is -2.05. The first kappa shape index (κ1) is 9.68. The third-order valence-corrected chi connectivity index (χ3v) is 0.972. The zero-order valence-electron chi connectivity index (χ0n) is 6.45. The lowest BCUT2D eigenvalue weighted by molar-refractivity contribution is -0.111. The second-order valence-electron chi connectivity index (χ2n) is 1.95. The maximum Gasteiger partial charge on any atom is 0.239 e. The van der Waals surface area contributed by atoms with Gasteiger partial charge < -0.3 is 10.8 Å². The number of ketones is 1. The van der Waals surface area contributed by atoms with Crippen LogP contribution >= 0.6 is 0 Å². The van der Waals surface area contributed by atoms with E-state index in [2.05, 4.69) is 4.99 Å². The van der Waals surface area contributed by atoms with E-state index in [4.69, 9.17) is 10.8 Å². The molecule has 0 fully saturated rings. The highest BCUT2D eigenvalue weighted by molar-refractivity contribution is 6.34. The molecule has 0 aliphatic carbocycles. The molecular weight excluding hydrogens is 144 g/mol. The monoisotopic (exact) mass is 156 g/mol. The molecule has 0 saturated heterocycles. The van der Waals surface area contributed by atoms with Gasteiger partial charge in [0.25, 0.3) is 0 Å². The van der Waals surface area contributed by atoms with Crippen LogP contribution in [0.2, 0.25) is 0 Å². The summed E-state index contributed by atoms with van der Waals surface area (Å²) in [6, 6.07) is 0. The summed E-state index contributed by atoms with van der Waals surface area (Å²) in [4.78, 5) is 14.4. The van der Waals surface area contributed by atoms with Crippen molar-refractivity contribution >= 4 is 12.0 Å². The van der Waals surface area contributed by atoms with Crippen LogP contribution < -0.4 is 5.73 Å². The molecule has 0 bridgehead atoms. The zero-order valence-corrected chi connectivity index (χ0v) is 6.45. The maximum absolute atomic E-state index is 10.7. The first-order chi connectivity index (χ1) is 5.22. The molecule has 0 spiro atoms. The summed E-state index contributed by atoms with van der Waals surface area (Å²) in [6.07, 6.45) is 2.79. The Morgan fingerprint density at radius 1 is 1.73 bits per heavy atom. The van der Waals surface area contributed by atoms with Gasteiger partial charge in [-0.05, 0) is 6.42 Å². The van der Waals surface area contributed by atoms with Gasteiger partial charge in [0.2, 0.25) is 5.78 Å². The van der Waals surface area contributed by atoms with E-state index in [0.717, 1.165) is 18.8 Å². The average Bonchev–Trinajstić information content (AvgIpc) is 2.03. The minimum Gasteiger partial charge on any atom is -0.503 e. The Morgan fingerprint density at radius 3 is 2.82 bits per heavy atom. The van der Waals surface area contributed by atoms with Crippen LogP contribution in [-0.4, -0.2) is 23.6 Å². The minimum atomic E-state index is -0.555. The first-order valence-corrected chi connectivity index (χ1v) is 3.37. The van der Waals surface area contributed by atoms with Gasteiger partial charge in [-0.25, -0.2) is 0 Å². The average molecular weight is 156 g/mol. The van der Waals surface area contributed by atoms with Crippen LogP contribution in [-0.2, 0) is 4.79 Å². The number of carbonyl (C=O) groups is 1. The third kappa shape index (κ3) is 4.13. The number of aliphatic hydroxyl groups excluding tert-OH is 1. The third-order valence-electron chi connectivity index (χ3n) is 0.972.